The summed E-state index contributed by atoms with van der Waals surface area (Å²) >= 11 is 6.20. The van der Waals surface area contributed by atoms with Crippen LogP contribution < -0.4 is 20.6 Å². The van der Waals surface area contributed by atoms with Gasteiger partial charge in [0.15, 0.2) is 5.82 Å². The molecule has 0 saturated carbocycles. The van der Waals surface area contributed by atoms with E-state index in [-0.39, 0.29) is 18.2 Å². The molecule has 4 aromatic rings. The second-order valence-electron chi connectivity index (χ2n) is 10.5. The molecule has 0 fully saturated rings. The summed E-state index contributed by atoms with van der Waals surface area (Å²) in [5, 5.41) is 16.0. The van der Waals surface area contributed by atoms with E-state index in [1.54, 1.807) is 24.7 Å². The highest BCUT2D eigenvalue weighted by molar-refractivity contribution is 6.64. The fraction of sp³-hybridized carbons (Fsp3) is 0.281. The molecule has 0 bridgehead atoms. The molecule has 1 aliphatic heterocycles. The summed E-state index contributed by atoms with van der Waals surface area (Å²) in [5.41, 5.74) is 3.70. The van der Waals surface area contributed by atoms with Gasteiger partial charge in [-0.25, -0.2) is 0 Å². The lowest BCUT2D eigenvalue weighted by Crippen LogP contribution is -2.30. The number of amides is 2. The molecule has 0 spiro atoms. The quantitative estimate of drug-likeness (QED) is 0.172. The molecule has 5 rings (SSSR count). The van der Waals surface area contributed by atoms with Gasteiger partial charge >= 0.3 is 0 Å². The van der Waals surface area contributed by atoms with Crippen molar-refractivity contribution in [2.45, 2.75) is 39.3 Å². The summed E-state index contributed by atoms with van der Waals surface area (Å²) in [6.07, 6.45) is 0.715. The van der Waals surface area contributed by atoms with E-state index in [9.17, 15) is 14.4 Å². The minimum Gasteiger partial charge on any atom is -0.494 e. The van der Waals surface area contributed by atoms with Gasteiger partial charge in [0.1, 0.15) is 17.6 Å². The number of benzene rings is 3. The maximum atomic E-state index is 12.7. The van der Waals surface area contributed by atoms with Gasteiger partial charge in [0.05, 0.1) is 24.4 Å². The van der Waals surface area contributed by atoms with Crippen molar-refractivity contribution in [3.8, 4) is 11.4 Å². The van der Waals surface area contributed by atoms with Crippen LogP contribution in [0.1, 0.15) is 58.9 Å². The van der Waals surface area contributed by atoms with E-state index in [1.165, 1.54) is 0 Å². The van der Waals surface area contributed by atoms with Crippen molar-refractivity contribution >= 4 is 43.4 Å². The third-order valence-electron chi connectivity index (χ3n) is 7.27. The summed E-state index contributed by atoms with van der Waals surface area (Å²) in [5.74, 6) is 1.60. The van der Waals surface area contributed by atoms with E-state index < -0.39 is 15.1 Å². The molecule has 2 amide bonds. The lowest BCUT2D eigenvalue weighted by atomic mass is 10.00. The van der Waals surface area contributed by atoms with Crippen molar-refractivity contribution in [1.29, 1.82) is 0 Å². The fourth-order valence-corrected chi connectivity index (χ4v) is 6.03. The Morgan fingerprint density at radius 2 is 1.86 bits per heavy atom. The highest BCUT2D eigenvalue weighted by atomic mass is 35.5. The normalized spacial score (nSPS) is 14.5. The molecular formula is C32H35ClN6O4Si. The molecule has 1 aromatic heterocycles. The third kappa shape index (κ3) is 7.07. The minimum atomic E-state index is -1.98. The first-order valence-electron chi connectivity index (χ1n) is 14.6. The number of nitrogens with one attached hydrogen (secondary N) is 2. The summed E-state index contributed by atoms with van der Waals surface area (Å²) in [6.45, 7) is 6.89. The first-order chi connectivity index (χ1) is 21.2. The first-order valence-corrected chi connectivity index (χ1v) is 17.2. The Bertz CT molecular complexity index is 1690. The van der Waals surface area contributed by atoms with Gasteiger partial charge in [0.25, 0.3) is 5.91 Å². The molecule has 3 aromatic carbocycles. The van der Waals surface area contributed by atoms with Crippen molar-refractivity contribution < 1.29 is 19.1 Å². The molecule has 2 atom stereocenters. The van der Waals surface area contributed by atoms with Crippen LogP contribution in [-0.4, -0.2) is 65.8 Å². The largest absolute Gasteiger partial charge is 0.494 e. The first kappa shape index (κ1) is 31.1. The maximum absolute atomic E-state index is 12.7. The van der Waals surface area contributed by atoms with Crippen LogP contribution in [0, 0.1) is 6.92 Å². The predicted molar refractivity (Wildman–Crippen MR) is 173 cm³/mol. The van der Waals surface area contributed by atoms with Gasteiger partial charge in [0.2, 0.25) is 14.9 Å². The summed E-state index contributed by atoms with van der Waals surface area (Å²) in [6, 6.07) is 19.8. The molecular weight excluding hydrogens is 596 g/mol. The number of hydrogen-bond donors (Lipinski definition) is 3. The zero-order valence-electron chi connectivity index (χ0n) is 24.9. The summed E-state index contributed by atoms with van der Waals surface area (Å²) < 4.78 is 8.06. The Kier molecular flexibility index (Phi) is 9.88. The van der Waals surface area contributed by atoms with Crippen molar-refractivity contribution in [3.05, 3.63) is 100 Å². The maximum Gasteiger partial charge on any atom is 0.251 e. The van der Waals surface area contributed by atoms with Crippen molar-refractivity contribution in [3.63, 3.8) is 0 Å². The number of ether oxygens (including phenoxy) is 1. The van der Waals surface area contributed by atoms with Crippen LogP contribution in [0.15, 0.2) is 71.7 Å². The fourth-order valence-electron chi connectivity index (χ4n) is 5.09. The van der Waals surface area contributed by atoms with Crippen LogP contribution in [-0.2, 0) is 4.79 Å². The number of fused-ring (bicyclic) bond motifs is 3. The second-order valence-corrected chi connectivity index (χ2v) is 13.0. The van der Waals surface area contributed by atoms with Gasteiger partial charge in [-0.1, -0.05) is 35.9 Å². The van der Waals surface area contributed by atoms with Crippen molar-refractivity contribution in [1.82, 2.24) is 25.4 Å². The monoisotopic (exact) mass is 630 g/mol. The number of aryl methyl sites for hydroxylation is 1. The van der Waals surface area contributed by atoms with Crippen LogP contribution in [0.2, 0.25) is 11.6 Å². The van der Waals surface area contributed by atoms with Crippen LogP contribution in [0.4, 0.5) is 0 Å². The lowest BCUT2D eigenvalue weighted by Gasteiger charge is -2.15. The molecule has 0 aliphatic carbocycles. The molecule has 0 saturated heterocycles. The summed E-state index contributed by atoms with van der Waals surface area (Å²) in [7, 11) is -1.98. The molecule has 12 heteroatoms. The third-order valence-corrected chi connectivity index (χ3v) is 8.85. The second kappa shape index (κ2) is 14.0. The Morgan fingerprint density at radius 3 is 2.61 bits per heavy atom. The Hall–Kier alpha value is -4.32. The van der Waals surface area contributed by atoms with Crippen LogP contribution in [0.3, 0.4) is 0 Å². The molecule has 228 valence electrons. The number of rotatable bonds is 11. The topological polar surface area (TPSA) is 131 Å². The van der Waals surface area contributed by atoms with Crippen LogP contribution in [0.25, 0.3) is 5.69 Å². The minimum absolute atomic E-state index is 0.122. The molecule has 3 N–H and O–H groups in total. The van der Waals surface area contributed by atoms with Crippen LogP contribution in [0.5, 0.6) is 5.75 Å². The average Bonchev–Trinajstić information content (AvgIpc) is 3.34. The highest BCUT2D eigenvalue weighted by Crippen LogP contribution is 2.34. The van der Waals surface area contributed by atoms with E-state index in [0.29, 0.717) is 59.8 Å². The van der Waals surface area contributed by atoms with Gasteiger partial charge in [-0.05, 0) is 74.5 Å². The van der Waals surface area contributed by atoms with E-state index in [2.05, 4.69) is 20.8 Å². The predicted octanol–water partition coefficient (Wildman–Crippen LogP) is 3.40. The number of aromatic nitrogens is 3. The zero-order chi connectivity index (χ0) is 31.2. The number of carbonyl (C=O) groups is 2. The Labute approximate surface area is 262 Å². The Morgan fingerprint density at radius 1 is 1.07 bits per heavy atom. The number of halogens is 1. The van der Waals surface area contributed by atoms with E-state index in [0.717, 1.165) is 22.0 Å². The smallest absolute Gasteiger partial charge is 0.251 e. The average molecular weight is 631 g/mol. The van der Waals surface area contributed by atoms with Gasteiger partial charge in [-0.15, -0.1) is 10.2 Å². The molecule has 0 radical (unpaired) electrons. The number of aliphatic imine (C=N–C) groups is 1. The molecule has 1 aliphatic rings. The molecule has 10 nitrogen and oxygen atoms in total. The van der Waals surface area contributed by atoms with Gasteiger partial charge < -0.3 is 20.2 Å². The van der Waals surface area contributed by atoms with Gasteiger partial charge in [-0.2, -0.15) is 0 Å². The number of carbonyl (C=O) groups excluding carboxylic acids is 2. The van der Waals surface area contributed by atoms with Crippen molar-refractivity contribution in [2.75, 3.05) is 19.7 Å². The highest BCUT2D eigenvalue weighted by Gasteiger charge is 2.30. The standard InChI is InChI=1S/C32H35ClN6O4Si/c1-4-34-29(40)19-27-31-38-37-20(2)39(31)28-14-13-24(18-26(28)30(36-27)21-9-11-23(33)12-10-21)43-16-6-15-35-32(41)22-7-5-8-25(17-22)44(3)42/h5,7-14,17-18,27,42,44H,4,6,15-16,19H2,1-3H3,(H,34,40)(H,35,41)/t27-,44?/m0/s1. The molecule has 2 heterocycles. The van der Waals surface area contributed by atoms with Crippen molar-refractivity contribution in [2.24, 2.45) is 4.99 Å². The van der Waals surface area contributed by atoms with Gasteiger partial charge in [-0.3, -0.25) is 19.1 Å². The number of nitrogens with zero attached hydrogens (tertiary/aromatic N) is 4. The van der Waals surface area contributed by atoms with E-state index in [4.69, 9.17) is 21.3 Å². The molecule has 1 unspecified atom stereocenters. The Balaban J connectivity index is 1.36. The van der Waals surface area contributed by atoms with E-state index in [1.807, 2.05) is 66.9 Å². The zero-order valence-corrected chi connectivity index (χ0v) is 26.8. The lowest BCUT2D eigenvalue weighted by molar-refractivity contribution is -0.121. The van der Waals surface area contributed by atoms with Gasteiger partial charge in [0, 0.05) is 34.8 Å². The SMILES string of the molecule is CCNC(=O)C[C@@H]1N=C(c2ccc(Cl)cc2)c2cc(OCCCNC(=O)c3cccc([SiH](C)O)c3)ccc2-n2c(C)nnc21. The number of hydrogen-bond acceptors (Lipinski definition) is 7. The summed E-state index contributed by atoms with van der Waals surface area (Å²) in [4.78, 5) is 40.3. The molecule has 44 heavy (non-hydrogen) atoms. The van der Waals surface area contributed by atoms with E-state index >= 15 is 0 Å². The van der Waals surface area contributed by atoms with Crippen LogP contribution >= 0.6 is 11.6 Å².